The average Bonchev–Trinajstić information content (AvgIpc) is 2.84. The zero-order valence-corrected chi connectivity index (χ0v) is 20.6. The molecule has 1 heterocycles. The van der Waals surface area contributed by atoms with E-state index in [-0.39, 0.29) is 28.7 Å². The summed E-state index contributed by atoms with van der Waals surface area (Å²) in [6.45, 7) is 7.24. The molecule has 0 unspecified atom stereocenters. The van der Waals surface area contributed by atoms with Gasteiger partial charge >= 0.3 is 5.97 Å². The third-order valence-corrected chi connectivity index (χ3v) is 6.35. The number of pyridine rings is 1. The predicted molar refractivity (Wildman–Crippen MR) is 127 cm³/mol. The fourth-order valence-corrected chi connectivity index (χ4v) is 4.04. The quantitative estimate of drug-likeness (QED) is 0.453. The molecule has 34 heavy (non-hydrogen) atoms. The molecule has 0 aliphatic carbocycles. The van der Waals surface area contributed by atoms with Crippen LogP contribution in [-0.2, 0) is 14.8 Å². The van der Waals surface area contributed by atoms with Gasteiger partial charge in [-0.1, -0.05) is 26.7 Å². The van der Waals surface area contributed by atoms with Crippen LogP contribution in [0.2, 0.25) is 0 Å². The molecular formula is C24H31N3O6S. The number of carbonyl (C=O) groups excluding carboxylic acids is 3. The highest BCUT2D eigenvalue weighted by molar-refractivity contribution is 7.90. The van der Waals surface area contributed by atoms with E-state index in [0.29, 0.717) is 18.7 Å². The van der Waals surface area contributed by atoms with Gasteiger partial charge < -0.3 is 9.64 Å². The van der Waals surface area contributed by atoms with Gasteiger partial charge in [0.15, 0.2) is 0 Å². The Morgan fingerprint density at radius 2 is 1.50 bits per heavy atom. The van der Waals surface area contributed by atoms with E-state index in [2.05, 4.69) is 18.8 Å². The second kappa shape index (κ2) is 12.8. The summed E-state index contributed by atoms with van der Waals surface area (Å²) in [6.07, 6.45) is 4.81. The molecule has 1 aromatic heterocycles. The molecule has 0 bridgehead atoms. The van der Waals surface area contributed by atoms with Gasteiger partial charge in [0.1, 0.15) is 5.69 Å². The van der Waals surface area contributed by atoms with Crippen molar-refractivity contribution in [1.82, 2.24) is 14.6 Å². The molecule has 0 fully saturated rings. The van der Waals surface area contributed by atoms with E-state index in [1.54, 1.807) is 11.8 Å². The number of sulfonamides is 1. The van der Waals surface area contributed by atoms with Crippen LogP contribution in [0.25, 0.3) is 0 Å². The lowest BCUT2D eigenvalue weighted by atomic mass is 10.1. The molecule has 0 saturated heterocycles. The van der Waals surface area contributed by atoms with Crippen molar-refractivity contribution in [3.05, 3.63) is 59.4 Å². The smallest absolute Gasteiger partial charge is 0.356 e. The summed E-state index contributed by atoms with van der Waals surface area (Å²) < 4.78 is 32.1. The molecule has 0 aliphatic heterocycles. The summed E-state index contributed by atoms with van der Waals surface area (Å²) in [6, 6.07) is 8.05. The zero-order chi connectivity index (χ0) is 25.1. The number of hydrogen-bond donors (Lipinski definition) is 1. The van der Waals surface area contributed by atoms with Crippen molar-refractivity contribution in [1.29, 1.82) is 0 Å². The Balaban J connectivity index is 2.11. The third kappa shape index (κ3) is 7.38. The average molecular weight is 490 g/mol. The van der Waals surface area contributed by atoms with Crippen LogP contribution in [0.5, 0.6) is 0 Å². The number of hydrogen-bond acceptors (Lipinski definition) is 7. The van der Waals surface area contributed by atoms with Gasteiger partial charge in [0, 0.05) is 24.8 Å². The number of ether oxygens (including phenoxy) is 1. The first-order valence-corrected chi connectivity index (χ1v) is 12.8. The van der Waals surface area contributed by atoms with Crippen molar-refractivity contribution in [2.24, 2.45) is 0 Å². The molecule has 0 aliphatic rings. The van der Waals surface area contributed by atoms with E-state index < -0.39 is 21.9 Å². The lowest BCUT2D eigenvalue weighted by Crippen LogP contribution is -2.33. The molecule has 1 N–H and O–H groups in total. The topological polar surface area (TPSA) is 123 Å². The number of unbranched alkanes of at least 4 members (excludes halogenated alkanes) is 2. The van der Waals surface area contributed by atoms with Crippen LogP contribution in [0.15, 0.2) is 47.5 Å². The van der Waals surface area contributed by atoms with Crippen LogP contribution in [0.4, 0.5) is 0 Å². The Morgan fingerprint density at radius 1 is 0.912 bits per heavy atom. The maximum absolute atomic E-state index is 12.9. The van der Waals surface area contributed by atoms with Gasteiger partial charge in [-0.15, -0.1) is 0 Å². The van der Waals surface area contributed by atoms with E-state index in [0.717, 1.165) is 31.9 Å². The van der Waals surface area contributed by atoms with E-state index in [4.69, 9.17) is 4.74 Å². The first-order valence-electron chi connectivity index (χ1n) is 11.3. The van der Waals surface area contributed by atoms with Crippen LogP contribution in [0, 0.1) is 0 Å². The van der Waals surface area contributed by atoms with Crippen LogP contribution in [0.1, 0.15) is 77.7 Å². The molecule has 10 heteroatoms. The van der Waals surface area contributed by atoms with Crippen molar-refractivity contribution < 1.29 is 27.5 Å². The SMILES string of the molecule is CCCCN(CCCC)C(=O)c1ccc(S(=O)(=O)NC(=O)c2ccc(C(=O)OCC)nc2)cc1. The number of aromatic nitrogens is 1. The second-order valence-corrected chi connectivity index (χ2v) is 9.29. The Morgan fingerprint density at radius 3 is 2.00 bits per heavy atom. The summed E-state index contributed by atoms with van der Waals surface area (Å²) in [5.41, 5.74) is 0.357. The van der Waals surface area contributed by atoms with Crippen LogP contribution < -0.4 is 4.72 Å². The van der Waals surface area contributed by atoms with Crippen LogP contribution >= 0.6 is 0 Å². The maximum Gasteiger partial charge on any atom is 0.356 e. The number of esters is 1. The molecular weight excluding hydrogens is 458 g/mol. The van der Waals surface area contributed by atoms with Crippen LogP contribution in [0.3, 0.4) is 0 Å². The van der Waals surface area contributed by atoms with E-state index in [9.17, 15) is 22.8 Å². The summed E-state index contributed by atoms with van der Waals surface area (Å²) in [4.78, 5) is 42.4. The molecule has 0 atom stereocenters. The van der Waals surface area contributed by atoms with Crippen molar-refractivity contribution in [3.63, 3.8) is 0 Å². The van der Waals surface area contributed by atoms with Crippen molar-refractivity contribution >= 4 is 27.8 Å². The Hall–Kier alpha value is -3.27. The van der Waals surface area contributed by atoms with Gasteiger partial charge in [-0.3, -0.25) is 9.59 Å². The molecule has 2 amide bonds. The first kappa shape index (κ1) is 27.0. The molecule has 2 aromatic rings. The van der Waals surface area contributed by atoms with Gasteiger partial charge in [0.05, 0.1) is 17.1 Å². The number of rotatable bonds is 12. The molecule has 2 rings (SSSR count). The normalized spacial score (nSPS) is 11.0. The van der Waals surface area contributed by atoms with E-state index >= 15 is 0 Å². The summed E-state index contributed by atoms with van der Waals surface area (Å²) >= 11 is 0. The monoisotopic (exact) mass is 489 g/mol. The van der Waals surface area contributed by atoms with Gasteiger partial charge in [-0.2, -0.15) is 0 Å². The largest absolute Gasteiger partial charge is 0.461 e. The minimum atomic E-state index is -4.18. The van der Waals surface area contributed by atoms with Gasteiger partial charge in [0.25, 0.3) is 21.8 Å². The third-order valence-electron chi connectivity index (χ3n) is 5.00. The summed E-state index contributed by atoms with van der Waals surface area (Å²) in [5, 5.41) is 0. The Labute approximate surface area is 200 Å². The summed E-state index contributed by atoms with van der Waals surface area (Å²) in [5.74, 6) is -1.68. The first-order chi connectivity index (χ1) is 16.2. The zero-order valence-electron chi connectivity index (χ0n) is 19.7. The van der Waals surface area contributed by atoms with E-state index in [1.807, 2.05) is 4.72 Å². The lowest BCUT2D eigenvalue weighted by Gasteiger charge is -2.22. The number of benzene rings is 1. The van der Waals surface area contributed by atoms with Gasteiger partial charge in [0.2, 0.25) is 0 Å². The highest BCUT2D eigenvalue weighted by Crippen LogP contribution is 2.14. The fraction of sp³-hybridized carbons (Fsp3) is 0.417. The highest BCUT2D eigenvalue weighted by Gasteiger charge is 2.21. The summed E-state index contributed by atoms with van der Waals surface area (Å²) in [7, 11) is -4.18. The number of nitrogens with zero attached hydrogens (tertiary/aromatic N) is 2. The van der Waals surface area contributed by atoms with Crippen LogP contribution in [-0.4, -0.2) is 55.8 Å². The molecule has 0 saturated carbocycles. The number of carbonyl (C=O) groups is 3. The number of nitrogens with one attached hydrogen (secondary N) is 1. The lowest BCUT2D eigenvalue weighted by molar-refractivity contribution is 0.0518. The molecule has 9 nitrogen and oxygen atoms in total. The highest BCUT2D eigenvalue weighted by atomic mass is 32.2. The van der Waals surface area contributed by atoms with Gasteiger partial charge in [-0.25, -0.2) is 22.9 Å². The minimum Gasteiger partial charge on any atom is -0.461 e. The molecule has 1 aromatic carbocycles. The molecule has 184 valence electrons. The van der Waals surface area contributed by atoms with E-state index in [1.165, 1.54) is 36.4 Å². The minimum absolute atomic E-state index is 0.00781. The molecule has 0 spiro atoms. The van der Waals surface area contributed by atoms with Crippen molar-refractivity contribution in [2.75, 3.05) is 19.7 Å². The van der Waals surface area contributed by atoms with Gasteiger partial charge in [-0.05, 0) is 56.2 Å². The fourth-order valence-electron chi connectivity index (χ4n) is 3.07. The van der Waals surface area contributed by atoms with Crippen molar-refractivity contribution in [3.8, 4) is 0 Å². The molecule has 0 radical (unpaired) electrons. The Kier molecular flexibility index (Phi) is 10.2. The maximum atomic E-state index is 12.9. The second-order valence-electron chi connectivity index (χ2n) is 7.61. The standard InChI is InChI=1S/C24H31N3O6S/c1-4-7-15-27(16-8-5-2)23(29)18-9-12-20(13-10-18)34(31,32)26-22(28)19-11-14-21(25-17-19)24(30)33-6-3/h9-14,17H,4-8,15-16H2,1-3H3,(H,26,28). The number of amides is 2. The predicted octanol–water partition coefficient (Wildman–Crippen LogP) is 3.42. The Bertz CT molecular complexity index is 1070. The van der Waals surface area contributed by atoms with Crippen molar-refractivity contribution in [2.45, 2.75) is 51.3 Å².